The van der Waals surface area contributed by atoms with Crippen LogP contribution in [0.25, 0.3) is 0 Å². The smallest absolute Gasteiger partial charge is 0.284 e. The number of rotatable bonds is 2. The van der Waals surface area contributed by atoms with Gasteiger partial charge in [-0.3, -0.25) is 14.9 Å². The second-order valence-electron chi connectivity index (χ2n) is 4.35. The lowest BCUT2D eigenvalue weighted by atomic mass is 10.1. The molecule has 1 aromatic rings. The summed E-state index contributed by atoms with van der Waals surface area (Å²) >= 11 is 0. The summed E-state index contributed by atoms with van der Waals surface area (Å²) in [5.41, 5.74) is 5.68. The van der Waals surface area contributed by atoms with Crippen LogP contribution in [0.1, 0.15) is 29.6 Å². The van der Waals surface area contributed by atoms with Crippen LogP contribution in [0.15, 0.2) is 18.2 Å². The number of benzene rings is 1. The zero-order valence-electron chi connectivity index (χ0n) is 9.96. The molecule has 1 heterocycles. The molecular formula is C12H15N3O3. The second-order valence-corrected chi connectivity index (χ2v) is 4.35. The molecule has 1 aliphatic rings. The van der Waals surface area contributed by atoms with Crippen molar-refractivity contribution in [1.82, 2.24) is 4.90 Å². The lowest BCUT2D eigenvalue weighted by molar-refractivity contribution is -0.385. The third kappa shape index (κ3) is 2.27. The van der Waals surface area contributed by atoms with Crippen molar-refractivity contribution in [2.24, 2.45) is 0 Å². The Hall–Kier alpha value is -2.11. The van der Waals surface area contributed by atoms with Crippen LogP contribution < -0.4 is 5.73 Å². The van der Waals surface area contributed by atoms with Gasteiger partial charge in [-0.05, 0) is 25.3 Å². The topological polar surface area (TPSA) is 89.5 Å². The van der Waals surface area contributed by atoms with E-state index in [1.54, 1.807) is 4.90 Å². The van der Waals surface area contributed by atoms with Gasteiger partial charge in [0.15, 0.2) is 0 Å². The predicted molar refractivity (Wildman–Crippen MR) is 67.3 cm³/mol. The van der Waals surface area contributed by atoms with Crippen LogP contribution in [-0.2, 0) is 0 Å². The number of nitro benzene ring substituents is 1. The number of amides is 1. The third-order valence-corrected chi connectivity index (χ3v) is 3.13. The van der Waals surface area contributed by atoms with E-state index in [1.165, 1.54) is 18.2 Å². The molecule has 1 aliphatic heterocycles. The van der Waals surface area contributed by atoms with Crippen LogP contribution in [0.5, 0.6) is 0 Å². The molecule has 0 atom stereocenters. The van der Waals surface area contributed by atoms with E-state index in [9.17, 15) is 14.9 Å². The fourth-order valence-electron chi connectivity index (χ4n) is 2.20. The Balaban J connectivity index is 2.36. The lowest BCUT2D eigenvalue weighted by Gasteiger charge is -2.26. The summed E-state index contributed by atoms with van der Waals surface area (Å²) in [6.45, 7) is 1.29. The first-order valence-corrected chi connectivity index (χ1v) is 5.93. The first-order valence-electron chi connectivity index (χ1n) is 5.93. The van der Waals surface area contributed by atoms with E-state index in [0.29, 0.717) is 13.1 Å². The number of hydrogen-bond donors (Lipinski definition) is 1. The molecule has 0 spiro atoms. The molecule has 6 heteroatoms. The van der Waals surface area contributed by atoms with E-state index in [1.807, 2.05) is 0 Å². The van der Waals surface area contributed by atoms with Gasteiger partial charge in [0.1, 0.15) is 5.56 Å². The molecule has 0 saturated carbocycles. The van der Waals surface area contributed by atoms with E-state index >= 15 is 0 Å². The van der Waals surface area contributed by atoms with Crippen molar-refractivity contribution in [3.05, 3.63) is 33.9 Å². The van der Waals surface area contributed by atoms with Gasteiger partial charge in [0, 0.05) is 19.2 Å². The Morgan fingerprint density at radius 3 is 2.56 bits per heavy atom. The molecular weight excluding hydrogens is 234 g/mol. The van der Waals surface area contributed by atoms with Gasteiger partial charge in [-0.1, -0.05) is 6.07 Å². The van der Waals surface area contributed by atoms with Crippen LogP contribution in [0, 0.1) is 10.1 Å². The van der Waals surface area contributed by atoms with Crippen LogP contribution in [0.4, 0.5) is 11.4 Å². The highest BCUT2D eigenvalue weighted by atomic mass is 16.6. The average Bonchev–Trinajstić information content (AvgIpc) is 2.38. The number of nitrogens with zero attached hydrogens (tertiary/aromatic N) is 2. The van der Waals surface area contributed by atoms with Crippen molar-refractivity contribution in [2.45, 2.75) is 19.3 Å². The number of nitrogens with two attached hydrogens (primary N) is 1. The molecule has 1 amide bonds. The minimum Gasteiger partial charge on any atom is -0.398 e. The summed E-state index contributed by atoms with van der Waals surface area (Å²) in [6.07, 6.45) is 2.97. The molecule has 0 aromatic heterocycles. The first-order chi connectivity index (χ1) is 8.61. The fourth-order valence-corrected chi connectivity index (χ4v) is 2.20. The predicted octanol–water partition coefficient (Wildman–Crippen LogP) is 1.80. The zero-order valence-corrected chi connectivity index (χ0v) is 9.96. The molecule has 96 valence electrons. The molecule has 0 radical (unpaired) electrons. The van der Waals surface area contributed by atoms with Gasteiger partial charge < -0.3 is 10.6 Å². The van der Waals surface area contributed by atoms with Gasteiger partial charge in [0.2, 0.25) is 0 Å². The van der Waals surface area contributed by atoms with Gasteiger partial charge in [0.25, 0.3) is 11.6 Å². The summed E-state index contributed by atoms with van der Waals surface area (Å²) in [5, 5.41) is 10.9. The van der Waals surface area contributed by atoms with Crippen molar-refractivity contribution < 1.29 is 9.72 Å². The van der Waals surface area contributed by atoms with Crippen LogP contribution >= 0.6 is 0 Å². The molecule has 0 bridgehead atoms. The lowest BCUT2D eigenvalue weighted by Crippen LogP contribution is -2.36. The van der Waals surface area contributed by atoms with Crippen LogP contribution in [0.2, 0.25) is 0 Å². The Labute approximate surface area is 105 Å². The van der Waals surface area contributed by atoms with Crippen molar-refractivity contribution >= 4 is 17.3 Å². The Morgan fingerprint density at radius 2 is 1.94 bits per heavy atom. The Bertz CT molecular complexity index is 481. The number of carbonyl (C=O) groups excluding carboxylic acids is 1. The molecule has 1 fully saturated rings. The number of hydrogen-bond acceptors (Lipinski definition) is 4. The number of piperidine rings is 1. The molecule has 0 aliphatic carbocycles. The number of carbonyl (C=O) groups is 1. The molecule has 2 rings (SSSR count). The van der Waals surface area contributed by atoms with Gasteiger partial charge in [-0.25, -0.2) is 0 Å². The standard InChI is InChI=1S/C12H15N3O3/c13-9-5-4-6-10(15(17)18)11(9)12(16)14-7-2-1-3-8-14/h4-6H,1-3,7-8,13H2. The number of likely N-dealkylation sites (tertiary alicyclic amines) is 1. The average molecular weight is 249 g/mol. The summed E-state index contributed by atoms with van der Waals surface area (Å²) in [6, 6.07) is 4.32. The normalized spacial score (nSPS) is 15.4. The highest BCUT2D eigenvalue weighted by molar-refractivity contribution is 6.03. The summed E-state index contributed by atoms with van der Waals surface area (Å²) in [7, 11) is 0. The van der Waals surface area contributed by atoms with Gasteiger partial charge in [-0.15, -0.1) is 0 Å². The SMILES string of the molecule is Nc1cccc([N+](=O)[O-])c1C(=O)N1CCCCC1. The quantitative estimate of drug-likeness (QED) is 0.491. The molecule has 18 heavy (non-hydrogen) atoms. The van der Waals surface area contributed by atoms with E-state index in [0.717, 1.165) is 19.3 Å². The Kier molecular flexibility index (Phi) is 3.45. The van der Waals surface area contributed by atoms with Gasteiger partial charge in [-0.2, -0.15) is 0 Å². The molecule has 0 unspecified atom stereocenters. The van der Waals surface area contributed by atoms with Crippen molar-refractivity contribution in [1.29, 1.82) is 0 Å². The molecule has 1 saturated heterocycles. The summed E-state index contributed by atoms with van der Waals surface area (Å²) < 4.78 is 0. The van der Waals surface area contributed by atoms with Crippen LogP contribution in [0.3, 0.4) is 0 Å². The number of anilines is 1. The van der Waals surface area contributed by atoms with Crippen molar-refractivity contribution in [3.8, 4) is 0 Å². The summed E-state index contributed by atoms with van der Waals surface area (Å²) in [4.78, 5) is 24.3. The van der Waals surface area contributed by atoms with E-state index in [4.69, 9.17) is 5.73 Å². The molecule has 6 nitrogen and oxygen atoms in total. The van der Waals surface area contributed by atoms with Crippen LogP contribution in [-0.4, -0.2) is 28.8 Å². The number of nitro groups is 1. The first kappa shape index (κ1) is 12.3. The zero-order chi connectivity index (χ0) is 13.1. The van der Waals surface area contributed by atoms with E-state index in [2.05, 4.69) is 0 Å². The minimum atomic E-state index is -0.562. The summed E-state index contributed by atoms with van der Waals surface area (Å²) in [5.74, 6) is -0.334. The van der Waals surface area contributed by atoms with Crippen molar-refractivity contribution in [2.75, 3.05) is 18.8 Å². The van der Waals surface area contributed by atoms with Crippen molar-refractivity contribution in [3.63, 3.8) is 0 Å². The second kappa shape index (κ2) is 5.03. The molecule has 2 N–H and O–H groups in total. The number of nitrogen functional groups attached to an aromatic ring is 1. The monoisotopic (exact) mass is 249 g/mol. The molecule has 1 aromatic carbocycles. The third-order valence-electron chi connectivity index (χ3n) is 3.13. The Morgan fingerprint density at radius 1 is 1.28 bits per heavy atom. The van der Waals surface area contributed by atoms with E-state index < -0.39 is 4.92 Å². The largest absolute Gasteiger partial charge is 0.398 e. The maximum atomic E-state index is 12.3. The highest BCUT2D eigenvalue weighted by Gasteiger charge is 2.27. The maximum Gasteiger partial charge on any atom is 0.284 e. The maximum absolute atomic E-state index is 12.3. The van der Waals surface area contributed by atoms with Gasteiger partial charge in [0.05, 0.1) is 10.6 Å². The van der Waals surface area contributed by atoms with Gasteiger partial charge >= 0.3 is 0 Å². The highest BCUT2D eigenvalue weighted by Crippen LogP contribution is 2.26. The minimum absolute atomic E-state index is 0.0180. The fraction of sp³-hybridized carbons (Fsp3) is 0.417. The van der Waals surface area contributed by atoms with E-state index in [-0.39, 0.29) is 22.8 Å².